The van der Waals surface area contributed by atoms with Crippen molar-refractivity contribution in [3.63, 3.8) is 0 Å². The predicted octanol–water partition coefficient (Wildman–Crippen LogP) is 6.00. The van der Waals surface area contributed by atoms with Crippen LogP contribution in [0.2, 0.25) is 0 Å². The van der Waals surface area contributed by atoms with Crippen molar-refractivity contribution in [3.8, 4) is 28.3 Å². The fourth-order valence-electron chi connectivity index (χ4n) is 3.78. The molecule has 0 atom stereocenters. The first-order chi connectivity index (χ1) is 16.4. The molecule has 7 heteroatoms. The molecule has 0 radical (unpaired) electrons. The van der Waals surface area contributed by atoms with Crippen LogP contribution in [0, 0.1) is 11.9 Å². The number of pyridine rings is 3. The molecule has 168 valence electrons. The van der Waals surface area contributed by atoms with E-state index >= 15 is 0 Å². The van der Waals surface area contributed by atoms with E-state index in [0.29, 0.717) is 17.2 Å². The van der Waals surface area contributed by atoms with Gasteiger partial charge in [0.1, 0.15) is 0 Å². The van der Waals surface area contributed by atoms with E-state index < -0.39 is 17.3 Å². The van der Waals surface area contributed by atoms with Crippen LogP contribution in [0.3, 0.4) is 0 Å². The number of hydrogen-bond donors (Lipinski definition) is 0. The molecule has 0 unspecified atom stereocenters. The zero-order valence-corrected chi connectivity index (χ0v) is 18.7. The summed E-state index contributed by atoms with van der Waals surface area (Å²) in [6.45, 7) is 4.01. The summed E-state index contributed by atoms with van der Waals surface area (Å²) in [6.07, 6.45) is 1.88. The molecule has 4 aromatic heterocycles. The fourth-order valence-corrected chi connectivity index (χ4v) is 3.78. The van der Waals surface area contributed by atoms with Gasteiger partial charge in [-0.05, 0) is 56.3 Å². The van der Waals surface area contributed by atoms with Crippen LogP contribution in [0.1, 0.15) is 25.2 Å². The van der Waals surface area contributed by atoms with E-state index in [0.717, 1.165) is 23.0 Å². The predicted molar refractivity (Wildman–Crippen MR) is 126 cm³/mol. The molecule has 0 aliphatic heterocycles. The Morgan fingerprint density at radius 3 is 2.18 bits per heavy atom. The Morgan fingerprint density at radius 2 is 1.41 bits per heavy atom. The second-order valence-corrected chi connectivity index (χ2v) is 8.40. The lowest BCUT2D eigenvalue weighted by Crippen LogP contribution is -2.23. The third kappa shape index (κ3) is 4.08. The molecule has 0 bridgehead atoms. The van der Waals surface area contributed by atoms with E-state index in [1.165, 1.54) is 6.07 Å². The van der Waals surface area contributed by atoms with Crippen molar-refractivity contribution in [3.05, 3.63) is 114 Å². The summed E-state index contributed by atoms with van der Waals surface area (Å²) in [7, 11) is 0. The van der Waals surface area contributed by atoms with Crippen molar-refractivity contribution in [1.29, 1.82) is 0 Å². The molecule has 5 nitrogen and oxygen atoms in total. The van der Waals surface area contributed by atoms with Crippen LogP contribution in [0.25, 0.3) is 28.3 Å². The highest BCUT2D eigenvalue weighted by Gasteiger charge is 2.27. The Labute approximate surface area is 195 Å². The molecule has 4 heterocycles. The maximum absolute atomic E-state index is 14.2. The van der Waals surface area contributed by atoms with Crippen LogP contribution in [-0.4, -0.2) is 24.7 Å². The van der Waals surface area contributed by atoms with E-state index in [1.807, 2.05) is 80.7 Å². The van der Waals surface area contributed by atoms with E-state index in [4.69, 9.17) is 4.98 Å². The largest absolute Gasteiger partial charge is 0.252 e. The Hall–Kier alpha value is -4.26. The van der Waals surface area contributed by atoms with Crippen molar-refractivity contribution in [2.75, 3.05) is 0 Å². The molecular weight excluding hydrogens is 432 g/mol. The van der Waals surface area contributed by atoms with Gasteiger partial charge in [-0.25, -0.2) is 9.67 Å². The van der Waals surface area contributed by atoms with Crippen molar-refractivity contribution in [2.24, 2.45) is 0 Å². The minimum atomic E-state index is -0.893. The van der Waals surface area contributed by atoms with Gasteiger partial charge in [-0.3, -0.25) is 4.98 Å². The zero-order valence-electron chi connectivity index (χ0n) is 18.7. The molecule has 0 N–H and O–H groups in total. The van der Waals surface area contributed by atoms with Crippen LogP contribution in [0.4, 0.5) is 8.78 Å². The van der Waals surface area contributed by atoms with Gasteiger partial charge in [0.05, 0.1) is 28.3 Å². The molecule has 0 fully saturated rings. The lowest BCUT2D eigenvalue weighted by molar-refractivity contribution is 0.514. The van der Waals surface area contributed by atoms with E-state index in [2.05, 4.69) is 15.1 Å². The molecule has 5 aromatic rings. The van der Waals surface area contributed by atoms with Crippen LogP contribution in [0.15, 0.2) is 91.1 Å². The summed E-state index contributed by atoms with van der Waals surface area (Å²) in [4.78, 5) is 12.8. The molecule has 5 rings (SSSR count). The Bertz CT molecular complexity index is 1460. The molecular formula is C27H21F2N5. The standard InChI is InChI=1S/C27H21F2N5/c1-27(2,22-11-6-10-21(30-22)19-14-15-24(28)32-26(19)29)23-12-7-13-25(31-23)34-17-16-20(33-34)18-8-4-3-5-9-18/h3-17H,1-2H3. The van der Waals surface area contributed by atoms with Gasteiger partial charge in [-0.2, -0.15) is 18.9 Å². The van der Waals surface area contributed by atoms with Gasteiger partial charge in [0.2, 0.25) is 11.9 Å². The first-order valence-electron chi connectivity index (χ1n) is 10.8. The minimum absolute atomic E-state index is 0.144. The molecule has 1 aromatic carbocycles. The molecule has 0 aliphatic rings. The van der Waals surface area contributed by atoms with Crippen molar-refractivity contribution in [2.45, 2.75) is 19.3 Å². The summed E-state index contributed by atoms with van der Waals surface area (Å²) in [6, 6.07) is 25.5. The van der Waals surface area contributed by atoms with Crippen molar-refractivity contribution < 1.29 is 8.78 Å². The van der Waals surface area contributed by atoms with Crippen molar-refractivity contribution >= 4 is 0 Å². The van der Waals surface area contributed by atoms with Gasteiger partial charge in [0, 0.05) is 17.2 Å². The Morgan fingerprint density at radius 1 is 0.676 bits per heavy atom. The number of rotatable bonds is 5. The number of aromatic nitrogens is 5. The van der Waals surface area contributed by atoms with Crippen LogP contribution in [0.5, 0.6) is 0 Å². The smallest absolute Gasteiger partial charge is 0.224 e. The Kier molecular flexibility index (Phi) is 5.45. The highest BCUT2D eigenvalue weighted by molar-refractivity contribution is 5.59. The minimum Gasteiger partial charge on any atom is -0.252 e. The molecule has 34 heavy (non-hydrogen) atoms. The van der Waals surface area contributed by atoms with E-state index in [9.17, 15) is 8.78 Å². The van der Waals surface area contributed by atoms with Gasteiger partial charge < -0.3 is 0 Å². The molecule has 0 amide bonds. The highest BCUT2D eigenvalue weighted by Crippen LogP contribution is 2.31. The monoisotopic (exact) mass is 453 g/mol. The van der Waals surface area contributed by atoms with Crippen LogP contribution < -0.4 is 0 Å². The summed E-state index contributed by atoms with van der Waals surface area (Å²) in [5, 5.41) is 4.68. The zero-order chi connectivity index (χ0) is 23.7. The van der Waals surface area contributed by atoms with Crippen molar-refractivity contribution in [1.82, 2.24) is 24.7 Å². The lowest BCUT2D eigenvalue weighted by Gasteiger charge is -2.24. The summed E-state index contributed by atoms with van der Waals surface area (Å²) in [5.41, 5.74) is 3.30. The molecule has 0 aliphatic carbocycles. The number of nitrogens with zero attached hydrogens (tertiary/aromatic N) is 5. The fraction of sp³-hybridized carbons (Fsp3) is 0.111. The molecule has 0 spiro atoms. The maximum Gasteiger partial charge on any atom is 0.224 e. The average molecular weight is 453 g/mol. The van der Waals surface area contributed by atoms with Crippen LogP contribution >= 0.6 is 0 Å². The summed E-state index contributed by atoms with van der Waals surface area (Å²) >= 11 is 0. The number of halogens is 2. The first kappa shape index (κ1) is 21.6. The maximum atomic E-state index is 14.2. The van der Waals surface area contributed by atoms with Gasteiger partial charge in [0.15, 0.2) is 5.82 Å². The number of benzene rings is 1. The molecule has 0 saturated heterocycles. The van der Waals surface area contributed by atoms with E-state index in [1.54, 1.807) is 16.8 Å². The average Bonchev–Trinajstić information content (AvgIpc) is 3.35. The van der Waals surface area contributed by atoms with E-state index in [-0.39, 0.29) is 5.56 Å². The second kappa shape index (κ2) is 8.59. The van der Waals surface area contributed by atoms with Crippen LogP contribution in [-0.2, 0) is 5.41 Å². The van der Waals surface area contributed by atoms with Gasteiger partial charge in [-0.15, -0.1) is 0 Å². The second-order valence-electron chi connectivity index (χ2n) is 8.40. The summed E-state index contributed by atoms with van der Waals surface area (Å²) in [5.74, 6) is -1.08. The molecule has 0 saturated carbocycles. The first-order valence-corrected chi connectivity index (χ1v) is 10.8. The number of hydrogen-bond acceptors (Lipinski definition) is 4. The topological polar surface area (TPSA) is 56.5 Å². The summed E-state index contributed by atoms with van der Waals surface area (Å²) < 4.78 is 29.2. The lowest BCUT2D eigenvalue weighted by atomic mass is 9.84. The third-order valence-electron chi connectivity index (χ3n) is 5.75. The van der Waals surface area contributed by atoms with Gasteiger partial charge in [-0.1, -0.05) is 42.5 Å². The highest BCUT2D eigenvalue weighted by atomic mass is 19.1. The van der Waals surface area contributed by atoms with Gasteiger partial charge in [0.25, 0.3) is 0 Å². The quantitative estimate of drug-likeness (QED) is 0.307. The van der Waals surface area contributed by atoms with Gasteiger partial charge >= 0.3 is 0 Å². The SMILES string of the molecule is CC(C)(c1cccc(-c2ccc(F)nc2F)n1)c1cccc(-n2ccc(-c3ccccc3)n2)n1. The normalized spacial score (nSPS) is 11.5. The Balaban J connectivity index is 1.49. The third-order valence-corrected chi connectivity index (χ3v) is 5.75.